The van der Waals surface area contributed by atoms with Gasteiger partial charge in [0.15, 0.2) is 0 Å². The first-order chi connectivity index (χ1) is 6.50. The molecule has 0 aliphatic heterocycles. The average molecular weight is 309 g/mol. The van der Waals surface area contributed by atoms with Crippen LogP contribution in [-0.4, -0.2) is 27.8 Å². The average Bonchev–Trinajstić information content (AvgIpc) is 2.08. The van der Waals surface area contributed by atoms with Gasteiger partial charge in [-0.3, -0.25) is 4.79 Å². The van der Waals surface area contributed by atoms with Gasteiger partial charge in [-0.05, 0) is 22.6 Å². The molecule has 14 heavy (non-hydrogen) atoms. The molecule has 4 N–H and O–H groups in total. The van der Waals surface area contributed by atoms with Gasteiger partial charge in [0, 0.05) is 12.1 Å². The maximum Gasteiger partial charge on any atom is 0.322 e. The molecule has 0 aromatic heterocycles. The summed E-state index contributed by atoms with van der Waals surface area (Å²) in [4.78, 5) is 10.3. The number of carboxylic acids is 1. The summed E-state index contributed by atoms with van der Waals surface area (Å²) < 4.78 is 0.474. The monoisotopic (exact) mass is 309 g/mol. The third-order valence-electron chi connectivity index (χ3n) is 1.47. The van der Waals surface area contributed by atoms with E-state index in [9.17, 15) is 9.90 Å². The molecule has 0 saturated heterocycles. The molecule has 1 aromatic rings. The van der Waals surface area contributed by atoms with E-state index in [1.807, 2.05) is 22.6 Å². The van der Waals surface area contributed by atoms with E-state index >= 15 is 0 Å². The lowest BCUT2D eigenvalue weighted by Gasteiger charge is -2.08. The molecule has 0 spiro atoms. The fourth-order valence-electron chi connectivity index (χ4n) is 0.894. The van der Waals surface area contributed by atoms with Crippen LogP contribution in [0.1, 0.15) is 0 Å². The van der Waals surface area contributed by atoms with Crippen LogP contribution < -0.4 is 5.32 Å². The van der Waals surface area contributed by atoms with Crippen molar-refractivity contribution in [3.63, 3.8) is 0 Å². The molecule has 0 bridgehead atoms. The molecule has 0 atom stereocenters. The molecule has 1 aromatic carbocycles. The van der Waals surface area contributed by atoms with Gasteiger partial charge in [0.25, 0.3) is 0 Å². The Hall–Kier alpha value is -1.18. The van der Waals surface area contributed by atoms with Crippen molar-refractivity contribution in [3.05, 3.63) is 15.7 Å². The summed E-state index contributed by atoms with van der Waals surface area (Å²) in [5.74, 6) is -1.21. The van der Waals surface area contributed by atoms with Crippen molar-refractivity contribution in [2.75, 3.05) is 11.9 Å². The lowest BCUT2D eigenvalue weighted by molar-refractivity contribution is -0.134. The quantitative estimate of drug-likeness (QED) is 0.630. The van der Waals surface area contributed by atoms with E-state index in [-0.39, 0.29) is 18.0 Å². The number of carboxylic acid groups (broad SMARTS) is 1. The number of aromatic hydroxyl groups is 2. The molecule has 6 heteroatoms. The van der Waals surface area contributed by atoms with E-state index in [1.165, 1.54) is 12.1 Å². The molecular weight excluding hydrogens is 301 g/mol. The van der Waals surface area contributed by atoms with Crippen molar-refractivity contribution < 1.29 is 20.1 Å². The maximum absolute atomic E-state index is 10.3. The van der Waals surface area contributed by atoms with Crippen molar-refractivity contribution in [1.29, 1.82) is 0 Å². The Morgan fingerprint density at radius 2 is 2.07 bits per heavy atom. The zero-order chi connectivity index (χ0) is 10.7. The molecule has 1 rings (SSSR count). The van der Waals surface area contributed by atoms with Gasteiger partial charge in [-0.2, -0.15) is 0 Å². The first kappa shape index (κ1) is 10.9. The molecule has 0 fully saturated rings. The van der Waals surface area contributed by atoms with Gasteiger partial charge < -0.3 is 20.6 Å². The highest BCUT2D eigenvalue weighted by Gasteiger charge is 2.08. The summed E-state index contributed by atoms with van der Waals surface area (Å²) in [6, 6.07) is 2.54. The van der Waals surface area contributed by atoms with E-state index in [1.54, 1.807) is 0 Å². The van der Waals surface area contributed by atoms with Crippen LogP contribution in [-0.2, 0) is 4.79 Å². The van der Waals surface area contributed by atoms with Gasteiger partial charge in [0.2, 0.25) is 0 Å². The van der Waals surface area contributed by atoms with Crippen LogP contribution in [0.3, 0.4) is 0 Å². The number of phenols is 2. The van der Waals surface area contributed by atoms with E-state index in [0.29, 0.717) is 9.26 Å². The molecule has 0 saturated carbocycles. The number of phenolic OH excluding ortho intramolecular Hbond substituents is 2. The largest absolute Gasteiger partial charge is 0.508 e. The third-order valence-corrected chi connectivity index (χ3v) is 2.60. The van der Waals surface area contributed by atoms with Crippen molar-refractivity contribution in [1.82, 2.24) is 0 Å². The lowest BCUT2D eigenvalue weighted by atomic mass is 10.3. The Balaban J connectivity index is 2.90. The van der Waals surface area contributed by atoms with Gasteiger partial charge in [-0.1, -0.05) is 0 Å². The molecule has 0 radical (unpaired) electrons. The molecule has 0 heterocycles. The van der Waals surface area contributed by atoms with E-state index < -0.39 is 5.97 Å². The first-order valence-electron chi connectivity index (χ1n) is 3.68. The summed E-state index contributed by atoms with van der Waals surface area (Å²) in [7, 11) is 0. The number of hydrogen-bond donors (Lipinski definition) is 4. The first-order valence-corrected chi connectivity index (χ1v) is 4.75. The molecule has 0 aliphatic carbocycles. The topological polar surface area (TPSA) is 89.8 Å². The third kappa shape index (κ3) is 2.66. The lowest BCUT2D eigenvalue weighted by Crippen LogP contribution is -2.12. The number of aliphatic carboxylic acids is 1. The standard InChI is InChI=1S/C8H8INO4/c9-8-5(10-3-7(13)14)1-4(11)2-6(8)12/h1-2,10-12H,3H2,(H,13,14). The Morgan fingerprint density at radius 1 is 1.43 bits per heavy atom. The van der Waals surface area contributed by atoms with Crippen molar-refractivity contribution in [3.8, 4) is 11.5 Å². The summed E-state index contributed by atoms with van der Waals surface area (Å²) in [5, 5.41) is 29.4. The minimum Gasteiger partial charge on any atom is -0.508 e. The fraction of sp³-hybridized carbons (Fsp3) is 0.125. The highest BCUT2D eigenvalue weighted by molar-refractivity contribution is 14.1. The number of nitrogens with one attached hydrogen (secondary N) is 1. The number of rotatable bonds is 3. The zero-order valence-electron chi connectivity index (χ0n) is 6.99. The fourth-order valence-corrected chi connectivity index (χ4v) is 1.40. The zero-order valence-corrected chi connectivity index (χ0v) is 9.15. The Bertz CT molecular complexity index is 367. The normalized spacial score (nSPS) is 9.79. The molecular formula is C8H8INO4. The molecule has 0 aliphatic rings. The van der Waals surface area contributed by atoms with Crippen LogP contribution >= 0.6 is 22.6 Å². The predicted octanol–water partition coefficient (Wildman–Crippen LogP) is 1.20. The van der Waals surface area contributed by atoms with Gasteiger partial charge in [0.1, 0.15) is 18.0 Å². The van der Waals surface area contributed by atoms with Crippen LogP contribution in [0.4, 0.5) is 5.69 Å². The minimum atomic E-state index is -1.01. The van der Waals surface area contributed by atoms with Crippen LogP contribution in [0.5, 0.6) is 11.5 Å². The van der Waals surface area contributed by atoms with Gasteiger partial charge in [0.05, 0.1) is 9.26 Å². The summed E-state index contributed by atoms with van der Waals surface area (Å²) in [5.41, 5.74) is 0.394. The highest BCUT2D eigenvalue weighted by atomic mass is 127. The van der Waals surface area contributed by atoms with Crippen LogP contribution in [0, 0.1) is 3.57 Å². The van der Waals surface area contributed by atoms with E-state index in [4.69, 9.17) is 10.2 Å². The highest BCUT2D eigenvalue weighted by Crippen LogP contribution is 2.31. The summed E-state index contributed by atoms with van der Waals surface area (Å²) >= 11 is 1.85. The second-order valence-electron chi connectivity index (χ2n) is 2.57. The van der Waals surface area contributed by atoms with Crippen molar-refractivity contribution >= 4 is 34.2 Å². The minimum absolute atomic E-state index is 0.0847. The number of carbonyl (C=O) groups is 1. The number of anilines is 1. The van der Waals surface area contributed by atoms with Gasteiger partial charge >= 0.3 is 5.97 Å². The molecule has 76 valence electrons. The smallest absolute Gasteiger partial charge is 0.322 e. The number of hydrogen-bond acceptors (Lipinski definition) is 4. The second kappa shape index (κ2) is 4.36. The summed E-state index contributed by atoms with van der Waals surface area (Å²) in [6.45, 7) is -0.265. The molecule has 0 amide bonds. The molecule has 0 unspecified atom stereocenters. The van der Waals surface area contributed by atoms with Crippen LogP contribution in [0.2, 0.25) is 0 Å². The van der Waals surface area contributed by atoms with E-state index in [0.717, 1.165) is 0 Å². The SMILES string of the molecule is O=C(O)CNc1cc(O)cc(O)c1I. The van der Waals surface area contributed by atoms with Crippen LogP contribution in [0.25, 0.3) is 0 Å². The van der Waals surface area contributed by atoms with Gasteiger partial charge in [-0.25, -0.2) is 0 Å². The molecule has 5 nitrogen and oxygen atoms in total. The number of benzene rings is 1. The van der Waals surface area contributed by atoms with Crippen molar-refractivity contribution in [2.24, 2.45) is 0 Å². The Labute approximate surface area is 93.5 Å². The Kier molecular flexibility index (Phi) is 3.39. The van der Waals surface area contributed by atoms with Crippen molar-refractivity contribution in [2.45, 2.75) is 0 Å². The summed E-state index contributed by atoms with van der Waals surface area (Å²) in [6.07, 6.45) is 0. The van der Waals surface area contributed by atoms with E-state index in [2.05, 4.69) is 5.32 Å². The van der Waals surface area contributed by atoms with Gasteiger partial charge in [-0.15, -0.1) is 0 Å². The predicted molar refractivity (Wildman–Crippen MR) is 58.6 cm³/mol. The number of halogens is 1. The maximum atomic E-state index is 10.3. The second-order valence-corrected chi connectivity index (χ2v) is 3.65. The Morgan fingerprint density at radius 3 is 2.64 bits per heavy atom. The van der Waals surface area contributed by atoms with Crippen LogP contribution in [0.15, 0.2) is 12.1 Å².